The molecule has 0 radical (unpaired) electrons. The van der Waals surface area contributed by atoms with Crippen LogP contribution in [0.3, 0.4) is 0 Å². The number of hydrogen-bond donors (Lipinski definition) is 4. The molecule has 2 aromatic carbocycles. The van der Waals surface area contributed by atoms with E-state index in [1.807, 2.05) is 0 Å². The molecule has 14 nitrogen and oxygen atoms in total. The number of carbonyl (C=O) groups is 3. The smallest absolute Gasteiger partial charge is 0.422 e. The third-order valence-electron chi connectivity index (χ3n) is 7.88. The molecular formula is C31H31ClF3N9O5. The Morgan fingerprint density at radius 1 is 1.10 bits per heavy atom. The zero-order valence-corrected chi connectivity index (χ0v) is 26.9. The Balaban J connectivity index is 1.48. The number of carbonyl (C=O) groups excluding carboxylic acids is 3. The molecule has 0 spiro atoms. The van der Waals surface area contributed by atoms with E-state index in [2.05, 4.69) is 50.9 Å². The normalized spacial score (nSPS) is 18.2. The number of nitrogens with zero attached hydrogens (tertiary/aromatic N) is 5. The fourth-order valence-corrected chi connectivity index (χ4v) is 5.62. The van der Waals surface area contributed by atoms with Gasteiger partial charge in [0, 0.05) is 39.8 Å². The predicted octanol–water partition coefficient (Wildman–Crippen LogP) is 5.60. The maximum Gasteiger partial charge on any atom is 0.422 e. The minimum atomic E-state index is -5.07. The van der Waals surface area contributed by atoms with Crippen LogP contribution in [0.1, 0.15) is 49.5 Å². The summed E-state index contributed by atoms with van der Waals surface area (Å²) in [6.07, 6.45) is 0.132. The number of nitrogens with one attached hydrogen (secondary N) is 4. The number of fused-ring (bicyclic) bond motifs is 4. The quantitative estimate of drug-likeness (QED) is 0.146. The van der Waals surface area contributed by atoms with Gasteiger partial charge in [-0.2, -0.15) is 17.9 Å². The van der Waals surface area contributed by atoms with Crippen LogP contribution in [-0.2, 0) is 19.1 Å². The van der Waals surface area contributed by atoms with Gasteiger partial charge in [0.1, 0.15) is 12.2 Å². The summed E-state index contributed by atoms with van der Waals surface area (Å²) >= 11 is 6.19. The van der Waals surface area contributed by atoms with Gasteiger partial charge in [0.15, 0.2) is 0 Å². The average molecular weight is 702 g/mol. The molecule has 49 heavy (non-hydrogen) atoms. The van der Waals surface area contributed by atoms with E-state index in [-0.39, 0.29) is 35.5 Å². The molecule has 2 aromatic heterocycles. The number of anilines is 2. The van der Waals surface area contributed by atoms with Crippen molar-refractivity contribution in [3.63, 3.8) is 0 Å². The summed E-state index contributed by atoms with van der Waals surface area (Å²) in [5.41, 5.74) is -1.65. The van der Waals surface area contributed by atoms with E-state index in [0.717, 1.165) is 14.2 Å². The molecule has 5 rings (SSSR count). The van der Waals surface area contributed by atoms with Gasteiger partial charge < -0.3 is 25.1 Å². The molecule has 1 aliphatic heterocycles. The fraction of sp³-hybridized carbons (Fsp3) is 0.323. The summed E-state index contributed by atoms with van der Waals surface area (Å²) in [5.74, 6) is -1.64. The zero-order chi connectivity index (χ0) is 35.2. The molecule has 2 amide bonds. The van der Waals surface area contributed by atoms with Crippen LogP contribution in [0.2, 0.25) is 5.02 Å². The van der Waals surface area contributed by atoms with Gasteiger partial charge in [-0.1, -0.05) is 30.9 Å². The molecule has 4 N–H and O–H groups in total. The van der Waals surface area contributed by atoms with Gasteiger partial charge in [0.25, 0.3) is 0 Å². The SMILES string of the molecule is COC(=O)Nc1ccc2c(c1)NC(C(=O)OC)(C(F)(F)F)CCCCC[C@H](NC(=O)/C=C/c1cc(Cl)ccc1-n1cnnn1)c1nc-2c[nH]1. The first-order valence-corrected chi connectivity index (χ1v) is 15.3. The number of aromatic nitrogens is 6. The lowest BCUT2D eigenvalue weighted by atomic mass is 9.89. The second-order valence-electron chi connectivity index (χ2n) is 11.0. The van der Waals surface area contributed by atoms with E-state index in [1.54, 1.807) is 24.3 Å². The maximum absolute atomic E-state index is 14.8. The predicted molar refractivity (Wildman–Crippen MR) is 172 cm³/mol. The Morgan fingerprint density at radius 3 is 2.63 bits per heavy atom. The van der Waals surface area contributed by atoms with Gasteiger partial charge >= 0.3 is 18.2 Å². The van der Waals surface area contributed by atoms with Crippen molar-refractivity contribution in [2.45, 2.75) is 49.9 Å². The molecule has 18 heteroatoms. The van der Waals surface area contributed by atoms with Gasteiger partial charge in [0.05, 0.1) is 31.6 Å². The standard InChI is InChI=1S/C31H31ClF3N9O5/c1-48-28(46)30(31(33,34)35)13-5-3-4-6-22(39-26(45)12-7-18-14-19(32)8-11-25(18)44-17-37-42-43-44)27-36-16-24(40-27)21-10-9-20(15-23(21)41-30)38-29(47)49-2/h7-12,14-17,22,41H,3-6,13H2,1-2H3,(H,36,40)(H,38,47)(H,39,45)/b12-7+/t22-,30?/m0/s1. The average Bonchev–Trinajstić information content (AvgIpc) is 3.78. The van der Waals surface area contributed by atoms with Crippen molar-refractivity contribution >= 4 is 47.0 Å². The van der Waals surface area contributed by atoms with Gasteiger partial charge in [-0.05, 0) is 65.7 Å². The van der Waals surface area contributed by atoms with Crippen LogP contribution >= 0.6 is 11.6 Å². The summed E-state index contributed by atoms with van der Waals surface area (Å²) in [7, 11) is 2.02. The maximum atomic E-state index is 14.8. The summed E-state index contributed by atoms with van der Waals surface area (Å²) < 4.78 is 55.2. The van der Waals surface area contributed by atoms with Crippen LogP contribution in [0.15, 0.2) is 55.0 Å². The molecule has 2 bridgehead atoms. The van der Waals surface area contributed by atoms with Crippen molar-refractivity contribution in [3.8, 4) is 16.9 Å². The number of alkyl halides is 3. The molecule has 0 saturated carbocycles. The molecule has 3 heterocycles. The molecule has 1 aliphatic rings. The minimum absolute atomic E-state index is 0.0189. The molecule has 2 atom stereocenters. The van der Waals surface area contributed by atoms with E-state index in [4.69, 9.17) is 11.6 Å². The number of rotatable bonds is 6. The Labute approximate surface area is 282 Å². The molecule has 1 unspecified atom stereocenters. The number of H-pyrrole nitrogens is 1. The minimum Gasteiger partial charge on any atom is -0.467 e. The van der Waals surface area contributed by atoms with Gasteiger partial charge in [-0.3, -0.25) is 10.1 Å². The third-order valence-corrected chi connectivity index (χ3v) is 8.12. The number of methoxy groups -OCH3 is 2. The van der Waals surface area contributed by atoms with Crippen molar-refractivity contribution in [2.24, 2.45) is 0 Å². The monoisotopic (exact) mass is 701 g/mol. The van der Waals surface area contributed by atoms with Crippen LogP contribution in [0.25, 0.3) is 23.0 Å². The van der Waals surface area contributed by atoms with Crippen molar-refractivity contribution in [3.05, 3.63) is 71.4 Å². The number of imidazole rings is 1. The summed E-state index contributed by atoms with van der Waals surface area (Å²) in [6.45, 7) is 0. The van der Waals surface area contributed by atoms with Gasteiger partial charge in [-0.25, -0.2) is 14.6 Å². The van der Waals surface area contributed by atoms with E-state index in [0.29, 0.717) is 34.9 Å². The number of benzene rings is 2. The lowest BCUT2D eigenvalue weighted by Crippen LogP contribution is -2.58. The summed E-state index contributed by atoms with van der Waals surface area (Å²) in [6, 6.07) is 8.47. The largest absolute Gasteiger partial charge is 0.467 e. The van der Waals surface area contributed by atoms with E-state index in [1.165, 1.54) is 41.5 Å². The lowest BCUT2D eigenvalue weighted by molar-refractivity contribution is -0.200. The zero-order valence-electron chi connectivity index (χ0n) is 26.2. The highest BCUT2D eigenvalue weighted by molar-refractivity contribution is 6.30. The number of tetrazole rings is 1. The van der Waals surface area contributed by atoms with Crippen molar-refractivity contribution in [1.29, 1.82) is 0 Å². The molecule has 0 saturated heterocycles. The second-order valence-corrected chi connectivity index (χ2v) is 11.5. The van der Waals surface area contributed by atoms with Gasteiger partial charge in [0.2, 0.25) is 11.4 Å². The van der Waals surface area contributed by atoms with Crippen LogP contribution in [-0.4, -0.2) is 74.1 Å². The molecular weight excluding hydrogens is 671 g/mol. The van der Waals surface area contributed by atoms with Crippen LogP contribution in [0, 0.1) is 0 Å². The highest BCUT2D eigenvalue weighted by Gasteiger charge is 2.61. The fourth-order valence-electron chi connectivity index (χ4n) is 5.44. The number of ether oxygens (including phenoxy) is 2. The molecule has 258 valence electrons. The van der Waals surface area contributed by atoms with Crippen LogP contribution < -0.4 is 16.0 Å². The highest BCUT2D eigenvalue weighted by Crippen LogP contribution is 2.42. The number of amides is 2. The third kappa shape index (κ3) is 7.83. The molecule has 0 fully saturated rings. The Hall–Kier alpha value is -5.45. The highest BCUT2D eigenvalue weighted by atomic mass is 35.5. The Morgan fingerprint density at radius 2 is 1.92 bits per heavy atom. The number of halogens is 4. The summed E-state index contributed by atoms with van der Waals surface area (Å²) in [4.78, 5) is 45.7. The molecule has 0 aliphatic carbocycles. The van der Waals surface area contributed by atoms with Crippen molar-refractivity contribution < 1.29 is 37.0 Å². The Bertz CT molecular complexity index is 1850. The number of esters is 1. The van der Waals surface area contributed by atoms with E-state index in [9.17, 15) is 27.6 Å². The molecule has 4 aromatic rings. The van der Waals surface area contributed by atoms with Crippen molar-refractivity contribution in [1.82, 2.24) is 35.5 Å². The first-order valence-electron chi connectivity index (χ1n) is 14.9. The van der Waals surface area contributed by atoms with E-state index < -0.39 is 42.1 Å². The first-order chi connectivity index (χ1) is 23.4. The van der Waals surface area contributed by atoms with Crippen LogP contribution in [0.4, 0.5) is 29.3 Å². The van der Waals surface area contributed by atoms with Crippen molar-refractivity contribution in [2.75, 3.05) is 24.9 Å². The van der Waals surface area contributed by atoms with E-state index >= 15 is 0 Å². The van der Waals surface area contributed by atoms with Gasteiger partial charge in [-0.15, -0.1) is 5.10 Å². The lowest BCUT2D eigenvalue weighted by Gasteiger charge is -2.35. The van der Waals surface area contributed by atoms with Crippen LogP contribution in [0.5, 0.6) is 0 Å². The Kier molecular flexibility index (Phi) is 10.5. The first kappa shape index (κ1) is 34.9. The number of aromatic amines is 1. The number of hydrogen-bond acceptors (Lipinski definition) is 10. The topological polar surface area (TPSA) is 178 Å². The second kappa shape index (κ2) is 14.8. The summed E-state index contributed by atoms with van der Waals surface area (Å²) in [5, 5.41) is 19.3.